The summed E-state index contributed by atoms with van der Waals surface area (Å²) >= 11 is 0. The Balaban J connectivity index is 1.56. The van der Waals surface area contributed by atoms with Gasteiger partial charge in [-0.15, -0.1) is 0 Å². The van der Waals surface area contributed by atoms with Gasteiger partial charge in [0.15, 0.2) is 11.5 Å². The second-order valence-electron chi connectivity index (χ2n) is 5.33. The molecule has 2 N–H and O–H groups in total. The number of aromatic hydroxyl groups is 1. The van der Waals surface area contributed by atoms with E-state index < -0.39 is 0 Å². The predicted octanol–water partition coefficient (Wildman–Crippen LogP) is 2.03. The molecule has 20 heavy (non-hydrogen) atoms. The second kappa shape index (κ2) is 5.89. The molecule has 5 nitrogen and oxygen atoms in total. The Morgan fingerprint density at radius 2 is 2.10 bits per heavy atom. The predicted molar refractivity (Wildman–Crippen MR) is 74.1 cm³/mol. The molecule has 110 valence electrons. The number of rotatable bonds is 5. The molecule has 5 heteroatoms. The SMILES string of the molecule is CCC1OCCC1CNCc1cc2c(cc1O)OCO2. The largest absolute Gasteiger partial charge is 0.507 e. The lowest BCUT2D eigenvalue weighted by atomic mass is 9.99. The zero-order chi connectivity index (χ0) is 13.9. The standard InChI is InChI=1S/C15H21NO4/c1-2-13-10(3-4-18-13)7-16-8-11-5-14-15(6-12(11)17)20-9-19-14/h5-6,10,13,16-17H,2-4,7-9H2,1H3. The maximum Gasteiger partial charge on any atom is 0.231 e. The third-order valence-electron chi connectivity index (χ3n) is 4.04. The average molecular weight is 279 g/mol. The Morgan fingerprint density at radius 3 is 2.90 bits per heavy atom. The van der Waals surface area contributed by atoms with Crippen molar-refractivity contribution >= 4 is 0 Å². The van der Waals surface area contributed by atoms with Crippen molar-refractivity contribution in [3.8, 4) is 17.2 Å². The van der Waals surface area contributed by atoms with Crippen LogP contribution in [0.5, 0.6) is 17.2 Å². The quantitative estimate of drug-likeness (QED) is 0.863. The fraction of sp³-hybridized carbons (Fsp3) is 0.600. The third kappa shape index (κ3) is 2.69. The topological polar surface area (TPSA) is 60.0 Å². The van der Waals surface area contributed by atoms with Gasteiger partial charge in [0.25, 0.3) is 0 Å². The summed E-state index contributed by atoms with van der Waals surface area (Å²) in [5.74, 6) is 2.13. The van der Waals surface area contributed by atoms with E-state index in [-0.39, 0.29) is 12.5 Å². The van der Waals surface area contributed by atoms with Gasteiger partial charge < -0.3 is 24.6 Å². The van der Waals surface area contributed by atoms with Crippen LogP contribution in [-0.2, 0) is 11.3 Å². The van der Waals surface area contributed by atoms with Crippen LogP contribution < -0.4 is 14.8 Å². The van der Waals surface area contributed by atoms with Gasteiger partial charge in [0, 0.05) is 31.3 Å². The lowest BCUT2D eigenvalue weighted by Crippen LogP contribution is -2.27. The first-order valence-corrected chi connectivity index (χ1v) is 7.21. The summed E-state index contributed by atoms with van der Waals surface area (Å²) in [5, 5.41) is 13.4. The van der Waals surface area contributed by atoms with Crippen LogP contribution in [0.1, 0.15) is 25.3 Å². The summed E-state index contributed by atoms with van der Waals surface area (Å²) in [6.07, 6.45) is 2.54. The molecule has 1 aromatic rings. The number of phenolic OH excluding ortho intramolecular Hbond substituents is 1. The molecule has 2 atom stereocenters. The maximum atomic E-state index is 9.96. The van der Waals surface area contributed by atoms with Crippen LogP contribution in [0.2, 0.25) is 0 Å². The van der Waals surface area contributed by atoms with Crippen molar-refractivity contribution < 1.29 is 19.3 Å². The minimum absolute atomic E-state index is 0.225. The lowest BCUT2D eigenvalue weighted by molar-refractivity contribution is 0.0872. The Kier molecular flexibility index (Phi) is 3.98. The summed E-state index contributed by atoms with van der Waals surface area (Å²) in [5.41, 5.74) is 0.834. The van der Waals surface area contributed by atoms with E-state index in [1.807, 2.05) is 6.07 Å². The average Bonchev–Trinajstić information content (AvgIpc) is 3.07. The molecular weight excluding hydrogens is 258 g/mol. The Labute approximate surface area is 118 Å². The summed E-state index contributed by atoms with van der Waals surface area (Å²) in [4.78, 5) is 0. The summed E-state index contributed by atoms with van der Waals surface area (Å²) in [6, 6.07) is 3.46. The number of nitrogens with one attached hydrogen (secondary N) is 1. The van der Waals surface area contributed by atoms with E-state index in [9.17, 15) is 5.11 Å². The second-order valence-corrected chi connectivity index (χ2v) is 5.33. The van der Waals surface area contributed by atoms with Gasteiger partial charge in [-0.25, -0.2) is 0 Å². The summed E-state index contributed by atoms with van der Waals surface area (Å²) in [6.45, 7) is 4.78. The maximum absolute atomic E-state index is 9.96. The van der Waals surface area contributed by atoms with Gasteiger partial charge in [-0.05, 0) is 24.8 Å². The van der Waals surface area contributed by atoms with E-state index >= 15 is 0 Å². The molecule has 0 aromatic heterocycles. The molecule has 1 fully saturated rings. The van der Waals surface area contributed by atoms with E-state index in [1.54, 1.807) is 6.07 Å². The molecule has 1 aromatic carbocycles. The van der Waals surface area contributed by atoms with Gasteiger partial charge in [-0.2, -0.15) is 0 Å². The molecule has 0 aliphatic carbocycles. The molecular formula is C15H21NO4. The highest BCUT2D eigenvalue weighted by Crippen LogP contribution is 2.37. The van der Waals surface area contributed by atoms with E-state index in [1.165, 1.54) is 0 Å². The molecule has 0 radical (unpaired) electrons. The van der Waals surface area contributed by atoms with Crippen LogP contribution in [0.15, 0.2) is 12.1 Å². The van der Waals surface area contributed by atoms with Crippen LogP contribution in [-0.4, -0.2) is 31.2 Å². The molecule has 2 aliphatic heterocycles. The summed E-state index contributed by atoms with van der Waals surface area (Å²) in [7, 11) is 0. The van der Waals surface area contributed by atoms with Gasteiger partial charge in [-0.1, -0.05) is 6.92 Å². The van der Waals surface area contributed by atoms with Crippen molar-refractivity contribution in [1.82, 2.24) is 5.32 Å². The number of hydrogen-bond acceptors (Lipinski definition) is 5. The Bertz CT molecular complexity index is 477. The van der Waals surface area contributed by atoms with Crippen LogP contribution in [0.3, 0.4) is 0 Å². The lowest BCUT2D eigenvalue weighted by Gasteiger charge is -2.17. The molecule has 0 saturated carbocycles. The van der Waals surface area contributed by atoms with Gasteiger partial charge >= 0.3 is 0 Å². The summed E-state index contributed by atoms with van der Waals surface area (Å²) < 4.78 is 16.2. The van der Waals surface area contributed by atoms with Crippen molar-refractivity contribution in [2.45, 2.75) is 32.4 Å². The molecule has 3 rings (SSSR count). The van der Waals surface area contributed by atoms with E-state index in [4.69, 9.17) is 14.2 Å². The molecule has 0 spiro atoms. The fourth-order valence-electron chi connectivity index (χ4n) is 2.88. The minimum Gasteiger partial charge on any atom is -0.507 e. The molecule has 2 heterocycles. The third-order valence-corrected chi connectivity index (χ3v) is 4.04. The van der Waals surface area contributed by atoms with Gasteiger partial charge in [0.05, 0.1) is 6.10 Å². The molecule has 2 aliphatic rings. The van der Waals surface area contributed by atoms with Crippen LogP contribution in [0, 0.1) is 5.92 Å². The Morgan fingerprint density at radius 1 is 1.30 bits per heavy atom. The number of fused-ring (bicyclic) bond motifs is 1. The molecule has 0 amide bonds. The number of phenols is 1. The van der Waals surface area contributed by atoms with E-state index in [0.717, 1.165) is 31.6 Å². The van der Waals surface area contributed by atoms with Crippen molar-refractivity contribution in [1.29, 1.82) is 0 Å². The van der Waals surface area contributed by atoms with E-state index in [0.29, 0.717) is 30.1 Å². The van der Waals surface area contributed by atoms with Crippen LogP contribution in [0.25, 0.3) is 0 Å². The number of benzene rings is 1. The molecule has 1 saturated heterocycles. The Hall–Kier alpha value is -1.46. The van der Waals surface area contributed by atoms with Crippen molar-refractivity contribution in [2.24, 2.45) is 5.92 Å². The van der Waals surface area contributed by atoms with Crippen LogP contribution in [0.4, 0.5) is 0 Å². The molecule has 0 bridgehead atoms. The van der Waals surface area contributed by atoms with Gasteiger partial charge in [0.2, 0.25) is 6.79 Å². The monoisotopic (exact) mass is 279 g/mol. The zero-order valence-corrected chi connectivity index (χ0v) is 11.7. The van der Waals surface area contributed by atoms with Gasteiger partial charge in [-0.3, -0.25) is 0 Å². The number of hydrogen-bond donors (Lipinski definition) is 2. The highest BCUT2D eigenvalue weighted by Gasteiger charge is 2.26. The zero-order valence-electron chi connectivity index (χ0n) is 11.7. The van der Waals surface area contributed by atoms with E-state index in [2.05, 4.69) is 12.2 Å². The van der Waals surface area contributed by atoms with Crippen LogP contribution >= 0.6 is 0 Å². The smallest absolute Gasteiger partial charge is 0.231 e. The fourth-order valence-corrected chi connectivity index (χ4v) is 2.88. The number of ether oxygens (including phenoxy) is 3. The van der Waals surface area contributed by atoms with Crippen molar-refractivity contribution in [2.75, 3.05) is 19.9 Å². The molecule has 2 unspecified atom stereocenters. The first-order valence-electron chi connectivity index (χ1n) is 7.21. The normalized spacial score (nSPS) is 24.2. The first-order chi connectivity index (χ1) is 9.78. The highest BCUT2D eigenvalue weighted by atomic mass is 16.7. The van der Waals surface area contributed by atoms with Gasteiger partial charge in [0.1, 0.15) is 5.75 Å². The van der Waals surface area contributed by atoms with Crippen molar-refractivity contribution in [3.63, 3.8) is 0 Å². The first kappa shape index (κ1) is 13.5. The minimum atomic E-state index is 0.225. The van der Waals surface area contributed by atoms with Crippen molar-refractivity contribution in [3.05, 3.63) is 17.7 Å². The highest BCUT2D eigenvalue weighted by molar-refractivity contribution is 5.51.